The first kappa shape index (κ1) is 16.3. The van der Waals surface area contributed by atoms with Gasteiger partial charge >= 0.3 is 5.97 Å². The maximum absolute atomic E-state index is 11.9. The fourth-order valence-corrected chi connectivity index (χ4v) is 3.60. The van der Waals surface area contributed by atoms with Crippen LogP contribution in [-0.2, 0) is 4.74 Å². The Morgan fingerprint density at radius 1 is 1.30 bits per heavy atom. The lowest BCUT2D eigenvalue weighted by Gasteiger charge is -2.47. The first-order valence-corrected chi connectivity index (χ1v) is 8.27. The fourth-order valence-electron chi connectivity index (χ4n) is 3.60. The number of carbonyl (C=O) groups is 1. The molecule has 1 aromatic carbocycles. The number of hydrogen-bond acceptors (Lipinski definition) is 5. The van der Waals surface area contributed by atoms with Crippen molar-refractivity contribution in [1.82, 2.24) is 4.90 Å². The molecule has 0 spiro atoms. The number of fused-ring (bicyclic) bond motifs is 1. The molecule has 0 aliphatic carbocycles. The monoisotopic (exact) mass is 319 g/mol. The number of methoxy groups -OCH3 is 1. The van der Waals surface area contributed by atoms with E-state index < -0.39 is 11.7 Å². The second-order valence-corrected chi connectivity index (χ2v) is 6.94. The van der Waals surface area contributed by atoms with Gasteiger partial charge in [-0.05, 0) is 58.0 Å². The number of carbonyl (C=O) groups excluding carboxylic acids is 1. The van der Waals surface area contributed by atoms with Crippen molar-refractivity contribution < 1.29 is 19.4 Å². The number of rotatable bonds is 2. The van der Waals surface area contributed by atoms with Gasteiger partial charge in [-0.1, -0.05) is 6.42 Å². The summed E-state index contributed by atoms with van der Waals surface area (Å²) in [5.74, 6) is 0.369. The van der Waals surface area contributed by atoms with Gasteiger partial charge in [-0.2, -0.15) is 0 Å². The van der Waals surface area contributed by atoms with Crippen LogP contribution >= 0.6 is 0 Å². The highest BCUT2D eigenvalue weighted by Crippen LogP contribution is 2.44. The molecular formula is C18H25NO4. The highest BCUT2D eigenvalue weighted by Gasteiger charge is 2.45. The molecule has 1 N–H and O–H groups in total. The summed E-state index contributed by atoms with van der Waals surface area (Å²) in [6.45, 7) is 5.73. The minimum atomic E-state index is -0.665. The van der Waals surface area contributed by atoms with Gasteiger partial charge in [-0.25, -0.2) is 4.79 Å². The van der Waals surface area contributed by atoms with E-state index in [1.54, 1.807) is 12.1 Å². The molecule has 3 rings (SSSR count). The average molecular weight is 319 g/mol. The molecule has 5 heteroatoms. The van der Waals surface area contributed by atoms with Crippen LogP contribution < -0.4 is 4.74 Å². The normalized spacial score (nSPS) is 27.0. The van der Waals surface area contributed by atoms with E-state index >= 15 is 0 Å². The third-order valence-electron chi connectivity index (χ3n) is 4.92. The molecule has 1 fully saturated rings. The number of aliphatic hydroxyl groups is 1. The quantitative estimate of drug-likeness (QED) is 0.849. The molecule has 2 atom stereocenters. The van der Waals surface area contributed by atoms with Gasteiger partial charge < -0.3 is 14.6 Å². The standard InChI is InChI=1S/C18H25NO4/c1-18(2)16(20)15(19-9-5-4-6-10-19)13-11-12(17(21)22-3)7-8-14(13)23-18/h7-8,11,15-16,20H,4-6,9-10H2,1-3H3/t15-,16+/m0/s1. The van der Waals surface area contributed by atoms with Gasteiger partial charge in [0, 0.05) is 5.56 Å². The maximum atomic E-state index is 11.9. The maximum Gasteiger partial charge on any atom is 0.337 e. The molecule has 0 radical (unpaired) electrons. The zero-order valence-corrected chi connectivity index (χ0v) is 14.0. The van der Waals surface area contributed by atoms with Crippen molar-refractivity contribution in [3.05, 3.63) is 29.3 Å². The lowest BCUT2D eigenvalue weighted by molar-refractivity contribution is -0.0961. The van der Waals surface area contributed by atoms with Crippen LogP contribution in [0.2, 0.25) is 0 Å². The fraction of sp³-hybridized carbons (Fsp3) is 0.611. The van der Waals surface area contributed by atoms with E-state index in [0.717, 1.165) is 37.2 Å². The Bertz CT molecular complexity index is 593. The Labute approximate surface area is 137 Å². The first-order chi connectivity index (χ1) is 10.9. The van der Waals surface area contributed by atoms with E-state index in [1.807, 2.05) is 19.9 Å². The van der Waals surface area contributed by atoms with Gasteiger partial charge in [-0.3, -0.25) is 4.90 Å². The molecule has 0 aromatic heterocycles. The number of ether oxygens (including phenoxy) is 2. The average Bonchev–Trinajstić information content (AvgIpc) is 2.55. The van der Waals surface area contributed by atoms with E-state index in [0.29, 0.717) is 5.56 Å². The van der Waals surface area contributed by atoms with Gasteiger partial charge in [0.25, 0.3) is 0 Å². The Balaban J connectivity index is 2.04. The first-order valence-electron chi connectivity index (χ1n) is 8.27. The number of benzene rings is 1. The zero-order valence-electron chi connectivity index (χ0n) is 14.0. The van der Waals surface area contributed by atoms with Crippen LogP contribution in [0.1, 0.15) is 55.1 Å². The van der Waals surface area contributed by atoms with Gasteiger partial charge in [0.05, 0.1) is 18.7 Å². The summed E-state index contributed by atoms with van der Waals surface area (Å²) < 4.78 is 10.8. The molecule has 0 saturated carbocycles. The molecule has 0 unspecified atom stereocenters. The van der Waals surface area contributed by atoms with E-state index in [1.165, 1.54) is 13.5 Å². The molecule has 1 saturated heterocycles. The summed E-state index contributed by atoms with van der Waals surface area (Å²) >= 11 is 0. The Kier molecular flexibility index (Phi) is 4.34. The molecule has 0 bridgehead atoms. The summed E-state index contributed by atoms with van der Waals surface area (Å²) in [5.41, 5.74) is 0.701. The topological polar surface area (TPSA) is 59.0 Å². The molecular weight excluding hydrogens is 294 g/mol. The number of piperidine rings is 1. The Morgan fingerprint density at radius 2 is 2.00 bits per heavy atom. The van der Waals surface area contributed by atoms with Crippen LogP contribution in [0.25, 0.3) is 0 Å². The zero-order chi connectivity index (χ0) is 16.6. The van der Waals surface area contributed by atoms with Crippen LogP contribution in [0.3, 0.4) is 0 Å². The van der Waals surface area contributed by atoms with Crippen LogP contribution in [0.5, 0.6) is 5.75 Å². The highest BCUT2D eigenvalue weighted by atomic mass is 16.5. The Morgan fingerprint density at radius 3 is 2.65 bits per heavy atom. The van der Waals surface area contributed by atoms with E-state index in [2.05, 4.69) is 4.90 Å². The predicted octanol–water partition coefficient (Wildman–Crippen LogP) is 2.53. The van der Waals surface area contributed by atoms with Gasteiger partial charge in [-0.15, -0.1) is 0 Å². The second-order valence-electron chi connectivity index (χ2n) is 6.94. The SMILES string of the molecule is COC(=O)c1ccc2c(c1)[C@H](N1CCCCC1)[C@@H](O)C(C)(C)O2. The van der Waals surface area contributed by atoms with Crippen LogP contribution in [0, 0.1) is 0 Å². The molecule has 2 heterocycles. The van der Waals surface area contributed by atoms with Crippen molar-refractivity contribution in [1.29, 1.82) is 0 Å². The lowest BCUT2D eigenvalue weighted by atomic mass is 9.84. The molecule has 23 heavy (non-hydrogen) atoms. The molecule has 0 amide bonds. The van der Waals surface area contributed by atoms with Crippen LogP contribution in [-0.4, -0.2) is 47.9 Å². The minimum absolute atomic E-state index is 0.154. The highest BCUT2D eigenvalue weighted by molar-refractivity contribution is 5.89. The third kappa shape index (κ3) is 2.95. The van der Waals surface area contributed by atoms with Gasteiger partial charge in [0.2, 0.25) is 0 Å². The molecule has 5 nitrogen and oxygen atoms in total. The van der Waals surface area contributed by atoms with Crippen molar-refractivity contribution in [3.8, 4) is 5.75 Å². The van der Waals surface area contributed by atoms with Crippen LogP contribution in [0.4, 0.5) is 0 Å². The summed E-state index contributed by atoms with van der Waals surface area (Å²) in [5, 5.41) is 10.9. The van der Waals surface area contributed by atoms with Crippen LogP contribution in [0.15, 0.2) is 18.2 Å². The summed E-state index contributed by atoms with van der Waals surface area (Å²) in [7, 11) is 1.37. The number of nitrogens with zero attached hydrogens (tertiary/aromatic N) is 1. The second kappa shape index (κ2) is 6.13. The van der Waals surface area contributed by atoms with Crippen molar-refractivity contribution in [2.24, 2.45) is 0 Å². The number of hydrogen-bond donors (Lipinski definition) is 1. The lowest BCUT2D eigenvalue weighted by Crippen LogP contribution is -2.54. The number of likely N-dealkylation sites (tertiary alicyclic amines) is 1. The van der Waals surface area contributed by atoms with Crippen molar-refractivity contribution >= 4 is 5.97 Å². The number of aliphatic hydroxyl groups excluding tert-OH is 1. The molecule has 2 aliphatic heterocycles. The van der Waals surface area contributed by atoms with Crippen molar-refractivity contribution in [3.63, 3.8) is 0 Å². The minimum Gasteiger partial charge on any atom is -0.485 e. The largest absolute Gasteiger partial charge is 0.485 e. The van der Waals surface area contributed by atoms with Gasteiger partial charge in [0.15, 0.2) is 0 Å². The molecule has 2 aliphatic rings. The summed E-state index contributed by atoms with van der Waals surface area (Å²) in [6, 6.07) is 5.18. The van der Waals surface area contributed by atoms with Gasteiger partial charge in [0.1, 0.15) is 17.5 Å². The summed E-state index contributed by atoms with van der Waals surface area (Å²) in [6.07, 6.45) is 2.85. The van der Waals surface area contributed by atoms with E-state index in [9.17, 15) is 9.90 Å². The smallest absolute Gasteiger partial charge is 0.337 e. The third-order valence-corrected chi connectivity index (χ3v) is 4.92. The number of esters is 1. The molecule has 1 aromatic rings. The van der Waals surface area contributed by atoms with E-state index in [4.69, 9.17) is 9.47 Å². The molecule has 126 valence electrons. The summed E-state index contributed by atoms with van der Waals surface area (Å²) in [4.78, 5) is 14.2. The Hall–Kier alpha value is -1.59. The predicted molar refractivity (Wildman–Crippen MR) is 86.7 cm³/mol. The van der Waals surface area contributed by atoms with E-state index in [-0.39, 0.29) is 12.0 Å². The van der Waals surface area contributed by atoms with Crippen molar-refractivity contribution in [2.45, 2.75) is 50.9 Å². The van der Waals surface area contributed by atoms with Crippen molar-refractivity contribution in [2.75, 3.05) is 20.2 Å².